The van der Waals surface area contributed by atoms with Gasteiger partial charge in [0.25, 0.3) is 0 Å². The predicted molar refractivity (Wildman–Crippen MR) is 66.6 cm³/mol. The van der Waals surface area contributed by atoms with Gasteiger partial charge in [-0.3, -0.25) is 0 Å². The average molecular weight is 224 g/mol. The molecule has 1 heterocycles. The van der Waals surface area contributed by atoms with Gasteiger partial charge < -0.3 is 9.84 Å². The van der Waals surface area contributed by atoms with Crippen LogP contribution in [0.5, 0.6) is 0 Å². The van der Waals surface area contributed by atoms with Gasteiger partial charge in [0.2, 0.25) is 0 Å². The van der Waals surface area contributed by atoms with Gasteiger partial charge in [-0.2, -0.15) is 0 Å². The van der Waals surface area contributed by atoms with Crippen molar-refractivity contribution < 1.29 is 4.52 Å². The Hall–Kier alpha value is -0.830. The summed E-state index contributed by atoms with van der Waals surface area (Å²) >= 11 is 0. The van der Waals surface area contributed by atoms with E-state index in [0.717, 1.165) is 24.4 Å². The molecule has 0 fully saturated rings. The van der Waals surface area contributed by atoms with Crippen LogP contribution in [0.25, 0.3) is 0 Å². The molecule has 1 unspecified atom stereocenters. The third kappa shape index (κ3) is 3.34. The molecule has 0 spiro atoms. The summed E-state index contributed by atoms with van der Waals surface area (Å²) in [4.78, 5) is 0. The van der Waals surface area contributed by atoms with E-state index >= 15 is 0 Å². The van der Waals surface area contributed by atoms with Gasteiger partial charge in [0.1, 0.15) is 5.76 Å². The van der Waals surface area contributed by atoms with Gasteiger partial charge in [-0.25, -0.2) is 0 Å². The van der Waals surface area contributed by atoms with Gasteiger partial charge in [-0.1, -0.05) is 25.9 Å². The van der Waals surface area contributed by atoms with E-state index in [2.05, 4.69) is 31.2 Å². The summed E-state index contributed by atoms with van der Waals surface area (Å²) < 4.78 is 5.15. The van der Waals surface area contributed by atoms with Crippen molar-refractivity contribution in [3.05, 3.63) is 17.0 Å². The van der Waals surface area contributed by atoms with Crippen LogP contribution >= 0.6 is 0 Å². The van der Waals surface area contributed by atoms with Crippen LogP contribution in [0.1, 0.15) is 44.2 Å². The van der Waals surface area contributed by atoms with E-state index in [4.69, 9.17) is 4.52 Å². The fourth-order valence-corrected chi connectivity index (χ4v) is 2.09. The number of rotatable bonds is 6. The Labute approximate surface area is 98.6 Å². The highest BCUT2D eigenvalue weighted by atomic mass is 16.5. The monoisotopic (exact) mass is 224 g/mol. The molecule has 16 heavy (non-hydrogen) atoms. The standard InChI is InChI=1S/C13H24N2O/c1-6-13(9(2)3)14-8-7-12-10(4)15-16-11(12)5/h9,13-14H,6-8H2,1-5H3. The van der Waals surface area contributed by atoms with Gasteiger partial charge in [0.05, 0.1) is 5.69 Å². The Morgan fingerprint density at radius 3 is 2.44 bits per heavy atom. The van der Waals surface area contributed by atoms with Gasteiger partial charge in [0.15, 0.2) is 0 Å². The lowest BCUT2D eigenvalue weighted by molar-refractivity contribution is 0.386. The van der Waals surface area contributed by atoms with Crippen molar-refractivity contribution in [3.63, 3.8) is 0 Å². The van der Waals surface area contributed by atoms with Crippen molar-refractivity contribution in [2.75, 3.05) is 6.54 Å². The fourth-order valence-electron chi connectivity index (χ4n) is 2.09. The maximum absolute atomic E-state index is 5.15. The van der Waals surface area contributed by atoms with E-state index in [9.17, 15) is 0 Å². The summed E-state index contributed by atoms with van der Waals surface area (Å²) in [5.41, 5.74) is 2.28. The molecule has 0 aliphatic rings. The molecular formula is C13H24N2O. The van der Waals surface area contributed by atoms with Gasteiger partial charge >= 0.3 is 0 Å². The average Bonchev–Trinajstić information content (AvgIpc) is 2.54. The minimum absolute atomic E-state index is 0.612. The zero-order valence-electron chi connectivity index (χ0n) is 11.1. The van der Waals surface area contributed by atoms with Crippen LogP contribution in [0.4, 0.5) is 0 Å². The smallest absolute Gasteiger partial charge is 0.137 e. The first kappa shape index (κ1) is 13.2. The third-order valence-corrected chi connectivity index (χ3v) is 3.21. The predicted octanol–water partition coefficient (Wildman–Crippen LogP) is 2.86. The quantitative estimate of drug-likeness (QED) is 0.807. The Kier molecular flexibility index (Phi) is 5.00. The molecule has 0 amide bonds. The van der Waals surface area contributed by atoms with E-state index in [1.807, 2.05) is 13.8 Å². The Bertz CT molecular complexity index is 298. The van der Waals surface area contributed by atoms with Crippen LogP contribution in [0, 0.1) is 19.8 Å². The van der Waals surface area contributed by atoms with Crippen LogP contribution in [0.15, 0.2) is 4.52 Å². The number of nitrogens with zero attached hydrogens (tertiary/aromatic N) is 1. The largest absolute Gasteiger partial charge is 0.361 e. The minimum atomic E-state index is 0.612. The fraction of sp³-hybridized carbons (Fsp3) is 0.769. The van der Waals surface area contributed by atoms with E-state index in [0.29, 0.717) is 12.0 Å². The number of hydrogen-bond donors (Lipinski definition) is 1. The molecule has 1 rings (SSSR count). The van der Waals surface area contributed by atoms with Crippen molar-refractivity contribution in [2.24, 2.45) is 5.92 Å². The van der Waals surface area contributed by atoms with Crippen molar-refractivity contribution in [1.82, 2.24) is 10.5 Å². The molecule has 3 nitrogen and oxygen atoms in total. The molecule has 0 aliphatic carbocycles. The van der Waals surface area contributed by atoms with Crippen LogP contribution in [-0.2, 0) is 6.42 Å². The maximum atomic E-state index is 5.15. The van der Waals surface area contributed by atoms with Crippen molar-refractivity contribution in [1.29, 1.82) is 0 Å². The van der Waals surface area contributed by atoms with E-state index < -0.39 is 0 Å². The minimum Gasteiger partial charge on any atom is -0.361 e. The van der Waals surface area contributed by atoms with Gasteiger partial charge in [-0.15, -0.1) is 0 Å². The number of aromatic nitrogens is 1. The van der Waals surface area contributed by atoms with Gasteiger partial charge in [-0.05, 0) is 39.2 Å². The zero-order valence-corrected chi connectivity index (χ0v) is 11.1. The van der Waals surface area contributed by atoms with E-state index in [1.54, 1.807) is 0 Å². The first-order chi connectivity index (χ1) is 7.56. The van der Waals surface area contributed by atoms with Crippen LogP contribution in [0.2, 0.25) is 0 Å². The molecular weight excluding hydrogens is 200 g/mol. The number of hydrogen-bond acceptors (Lipinski definition) is 3. The third-order valence-electron chi connectivity index (χ3n) is 3.21. The highest BCUT2D eigenvalue weighted by Crippen LogP contribution is 2.12. The van der Waals surface area contributed by atoms with E-state index in [1.165, 1.54) is 12.0 Å². The number of aryl methyl sites for hydroxylation is 2. The Morgan fingerprint density at radius 2 is 2.00 bits per heavy atom. The molecule has 0 saturated heterocycles. The SMILES string of the molecule is CCC(NCCc1c(C)noc1C)C(C)C. The van der Waals surface area contributed by atoms with Crippen LogP contribution < -0.4 is 5.32 Å². The molecule has 1 aromatic rings. The summed E-state index contributed by atoms with van der Waals surface area (Å²) in [6.45, 7) is 11.7. The molecule has 0 aromatic carbocycles. The molecule has 1 aromatic heterocycles. The first-order valence-corrected chi connectivity index (χ1v) is 6.21. The van der Waals surface area contributed by atoms with Crippen molar-refractivity contribution >= 4 is 0 Å². The topological polar surface area (TPSA) is 38.1 Å². The molecule has 92 valence electrons. The molecule has 0 aliphatic heterocycles. The van der Waals surface area contributed by atoms with E-state index in [-0.39, 0.29) is 0 Å². The summed E-state index contributed by atoms with van der Waals surface area (Å²) in [6, 6.07) is 0.612. The second-order valence-corrected chi connectivity index (χ2v) is 4.77. The van der Waals surface area contributed by atoms with Crippen molar-refractivity contribution in [3.8, 4) is 0 Å². The Morgan fingerprint density at radius 1 is 1.31 bits per heavy atom. The Balaban J connectivity index is 2.41. The second-order valence-electron chi connectivity index (χ2n) is 4.77. The van der Waals surface area contributed by atoms with Crippen LogP contribution in [-0.4, -0.2) is 17.7 Å². The molecule has 1 atom stereocenters. The van der Waals surface area contributed by atoms with Crippen LogP contribution in [0.3, 0.4) is 0 Å². The summed E-state index contributed by atoms with van der Waals surface area (Å²) in [5, 5.41) is 7.56. The lowest BCUT2D eigenvalue weighted by Crippen LogP contribution is -2.34. The maximum Gasteiger partial charge on any atom is 0.137 e. The van der Waals surface area contributed by atoms with Gasteiger partial charge in [0, 0.05) is 11.6 Å². The lowest BCUT2D eigenvalue weighted by atomic mass is 10.0. The summed E-state index contributed by atoms with van der Waals surface area (Å²) in [7, 11) is 0. The normalized spacial score (nSPS) is 13.4. The molecule has 3 heteroatoms. The molecule has 1 N–H and O–H groups in total. The molecule has 0 bridgehead atoms. The molecule has 0 radical (unpaired) electrons. The first-order valence-electron chi connectivity index (χ1n) is 6.21. The second kappa shape index (κ2) is 6.04. The molecule has 0 saturated carbocycles. The van der Waals surface area contributed by atoms with Crippen molar-refractivity contribution in [2.45, 2.75) is 53.5 Å². The highest BCUT2D eigenvalue weighted by Gasteiger charge is 2.12. The summed E-state index contributed by atoms with van der Waals surface area (Å²) in [6.07, 6.45) is 2.18. The highest BCUT2D eigenvalue weighted by molar-refractivity contribution is 5.20. The summed E-state index contributed by atoms with van der Waals surface area (Å²) in [5.74, 6) is 1.64. The lowest BCUT2D eigenvalue weighted by Gasteiger charge is -2.20. The zero-order chi connectivity index (χ0) is 12.1. The number of nitrogens with one attached hydrogen (secondary N) is 1.